The number of benzene rings is 2. The van der Waals surface area contributed by atoms with E-state index in [1.807, 2.05) is 31.2 Å². The van der Waals surface area contributed by atoms with Gasteiger partial charge in [0, 0.05) is 11.7 Å². The zero-order chi connectivity index (χ0) is 20.5. The van der Waals surface area contributed by atoms with Crippen LogP contribution in [0.1, 0.15) is 19.4 Å². The van der Waals surface area contributed by atoms with Gasteiger partial charge in [-0.3, -0.25) is 19.0 Å². The van der Waals surface area contributed by atoms with Crippen molar-refractivity contribution in [3.63, 3.8) is 0 Å². The van der Waals surface area contributed by atoms with Crippen LogP contribution in [-0.4, -0.2) is 33.6 Å². The minimum absolute atomic E-state index is 0.00615. The van der Waals surface area contributed by atoms with Gasteiger partial charge in [0.2, 0.25) is 0 Å². The van der Waals surface area contributed by atoms with Crippen molar-refractivity contribution in [1.29, 1.82) is 0 Å². The summed E-state index contributed by atoms with van der Waals surface area (Å²) in [5.74, 6) is -0.940. The molecule has 0 aliphatic carbocycles. The highest BCUT2D eigenvalue weighted by atomic mass is 16.5. The summed E-state index contributed by atoms with van der Waals surface area (Å²) in [5, 5.41) is 0.425. The minimum atomic E-state index is -0.958. The van der Waals surface area contributed by atoms with Gasteiger partial charge < -0.3 is 9.64 Å². The predicted octanol–water partition coefficient (Wildman–Crippen LogP) is 2.31. The van der Waals surface area contributed by atoms with Crippen molar-refractivity contribution in [3.05, 3.63) is 70.8 Å². The molecule has 0 N–H and O–H groups in total. The molecule has 0 radical (unpaired) electrons. The van der Waals surface area contributed by atoms with Gasteiger partial charge in [-0.1, -0.05) is 30.3 Å². The first-order chi connectivity index (χ1) is 14.0. The smallest absolute Gasteiger partial charge is 0.326 e. The topological polar surface area (TPSA) is 81.5 Å². The van der Waals surface area contributed by atoms with Crippen molar-refractivity contribution >= 4 is 28.5 Å². The largest absolute Gasteiger partial charge is 0.451 e. The molecule has 7 heteroatoms. The Labute approximate surface area is 167 Å². The molecule has 0 unspecified atom stereocenters. The number of ether oxygens (including phenoxy) is 1. The van der Waals surface area contributed by atoms with E-state index < -0.39 is 12.1 Å². The lowest BCUT2D eigenvalue weighted by Gasteiger charge is -2.26. The molecule has 3 aromatic rings. The van der Waals surface area contributed by atoms with Crippen LogP contribution in [0.15, 0.2) is 59.7 Å². The highest BCUT2D eigenvalue weighted by Crippen LogP contribution is 2.32. The number of hydrogen-bond acceptors (Lipinski definition) is 5. The number of fused-ring (bicyclic) bond motifs is 2. The Hall–Kier alpha value is -3.48. The van der Waals surface area contributed by atoms with Crippen molar-refractivity contribution < 1.29 is 14.3 Å². The maximum absolute atomic E-state index is 12.9. The van der Waals surface area contributed by atoms with E-state index in [0.717, 1.165) is 17.7 Å². The number of para-hydroxylation sites is 2. The molecule has 1 amide bonds. The van der Waals surface area contributed by atoms with Crippen LogP contribution in [-0.2, 0) is 27.3 Å². The van der Waals surface area contributed by atoms with Crippen LogP contribution < -0.4 is 10.5 Å². The zero-order valence-corrected chi connectivity index (χ0v) is 16.2. The Bertz CT molecular complexity index is 1150. The average Bonchev–Trinajstić information content (AvgIpc) is 3.05. The van der Waals surface area contributed by atoms with E-state index in [1.54, 1.807) is 36.1 Å². The second-order valence-corrected chi connectivity index (χ2v) is 7.22. The summed E-state index contributed by atoms with van der Waals surface area (Å²) in [5.41, 5.74) is 2.18. The quantitative estimate of drug-likeness (QED) is 0.638. The Morgan fingerprint density at radius 3 is 2.72 bits per heavy atom. The van der Waals surface area contributed by atoms with Crippen molar-refractivity contribution in [3.8, 4) is 0 Å². The molecule has 0 spiro atoms. The van der Waals surface area contributed by atoms with Crippen LogP contribution in [0.4, 0.5) is 5.69 Å². The first-order valence-electron chi connectivity index (χ1n) is 9.50. The lowest BCUT2D eigenvalue weighted by molar-refractivity contribution is -0.154. The molecule has 0 saturated heterocycles. The van der Waals surface area contributed by atoms with Gasteiger partial charge in [0.25, 0.3) is 11.5 Å². The van der Waals surface area contributed by atoms with Crippen molar-refractivity contribution in [2.24, 2.45) is 0 Å². The Balaban J connectivity index is 1.47. The summed E-state index contributed by atoms with van der Waals surface area (Å²) in [7, 11) is 0. The monoisotopic (exact) mass is 391 g/mol. The molecule has 1 aliphatic heterocycles. The van der Waals surface area contributed by atoms with Gasteiger partial charge in [-0.05, 0) is 44.0 Å². The summed E-state index contributed by atoms with van der Waals surface area (Å²) in [6.45, 7) is 3.21. The van der Waals surface area contributed by atoms with E-state index in [9.17, 15) is 14.4 Å². The molecule has 0 saturated carbocycles. The van der Waals surface area contributed by atoms with E-state index in [1.165, 1.54) is 10.9 Å². The van der Waals surface area contributed by atoms with Crippen LogP contribution in [0.3, 0.4) is 0 Å². The first-order valence-corrected chi connectivity index (χ1v) is 9.50. The standard InChI is InChI=1S/C22H21N3O4/c1-14-11-16-7-3-6-10-19(16)25(14)21(27)15(2)29-20(26)12-24-13-23-18-9-5-4-8-17(18)22(24)28/h3-10,13-15H,11-12H2,1-2H3/t14-,15+/m1/s1. The van der Waals surface area contributed by atoms with Gasteiger partial charge in [-0.15, -0.1) is 0 Å². The molecule has 2 heterocycles. The molecule has 1 aromatic heterocycles. The fraction of sp³-hybridized carbons (Fsp3) is 0.273. The van der Waals surface area contributed by atoms with Crippen molar-refractivity contribution in [2.45, 2.75) is 39.0 Å². The van der Waals surface area contributed by atoms with Gasteiger partial charge in [-0.25, -0.2) is 4.98 Å². The van der Waals surface area contributed by atoms with Crippen LogP contribution in [0.5, 0.6) is 0 Å². The van der Waals surface area contributed by atoms with Crippen LogP contribution >= 0.6 is 0 Å². The molecule has 148 valence electrons. The van der Waals surface area contributed by atoms with E-state index in [2.05, 4.69) is 4.98 Å². The number of amides is 1. The number of hydrogen-bond donors (Lipinski definition) is 0. The van der Waals surface area contributed by atoms with Gasteiger partial charge in [-0.2, -0.15) is 0 Å². The highest BCUT2D eigenvalue weighted by molar-refractivity contribution is 5.99. The molecule has 29 heavy (non-hydrogen) atoms. The highest BCUT2D eigenvalue weighted by Gasteiger charge is 2.34. The number of esters is 1. The molecule has 0 bridgehead atoms. The Kier molecular flexibility index (Phi) is 4.88. The third-order valence-corrected chi connectivity index (χ3v) is 5.13. The predicted molar refractivity (Wildman–Crippen MR) is 109 cm³/mol. The maximum Gasteiger partial charge on any atom is 0.326 e. The van der Waals surface area contributed by atoms with Crippen LogP contribution in [0.25, 0.3) is 10.9 Å². The van der Waals surface area contributed by atoms with Crippen molar-refractivity contribution in [1.82, 2.24) is 9.55 Å². The van der Waals surface area contributed by atoms with E-state index in [4.69, 9.17) is 4.74 Å². The summed E-state index contributed by atoms with van der Waals surface area (Å²) in [4.78, 5) is 43.7. The maximum atomic E-state index is 12.9. The third kappa shape index (κ3) is 3.51. The summed E-state index contributed by atoms with van der Waals surface area (Å²) < 4.78 is 6.53. The second-order valence-electron chi connectivity index (χ2n) is 7.22. The van der Waals surface area contributed by atoms with Crippen molar-refractivity contribution in [2.75, 3.05) is 4.90 Å². The van der Waals surface area contributed by atoms with E-state index in [0.29, 0.717) is 10.9 Å². The van der Waals surface area contributed by atoms with Gasteiger partial charge in [0.15, 0.2) is 6.10 Å². The molecule has 1 aliphatic rings. The Morgan fingerprint density at radius 2 is 1.90 bits per heavy atom. The number of aromatic nitrogens is 2. The lowest BCUT2D eigenvalue weighted by Crippen LogP contribution is -2.43. The summed E-state index contributed by atoms with van der Waals surface area (Å²) in [6.07, 6.45) is 1.12. The van der Waals surface area contributed by atoms with E-state index >= 15 is 0 Å². The fourth-order valence-electron chi connectivity index (χ4n) is 3.74. The number of carbonyl (C=O) groups is 2. The lowest BCUT2D eigenvalue weighted by atomic mass is 10.1. The molecule has 4 rings (SSSR count). The molecule has 0 fully saturated rings. The SMILES string of the molecule is C[C@H](OC(=O)Cn1cnc2ccccc2c1=O)C(=O)N1c2ccccc2C[C@H]1C. The molecular formula is C22H21N3O4. The van der Waals surface area contributed by atoms with Gasteiger partial charge in [0.1, 0.15) is 6.54 Å². The summed E-state index contributed by atoms with van der Waals surface area (Å²) >= 11 is 0. The fourth-order valence-corrected chi connectivity index (χ4v) is 3.74. The van der Waals surface area contributed by atoms with Crippen LogP contribution in [0.2, 0.25) is 0 Å². The van der Waals surface area contributed by atoms with E-state index in [-0.39, 0.29) is 24.1 Å². The van der Waals surface area contributed by atoms with Gasteiger partial charge in [0.05, 0.1) is 17.2 Å². The third-order valence-electron chi connectivity index (χ3n) is 5.13. The molecular weight excluding hydrogens is 370 g/mol. The second kappa shape index (κ2) is 7.50. The number of rotatable bonds is 4. The Morgan fingerprint density at radius 1 is 1.17 bits per heavy atom. The number of anilines is 1. The normalized spacial score (nSPS) is 16.5. The molecule has 2 aromatic carbocycles. The molecule has 7 nitrogen and oxygen atoms in total. The average molecular weight is 391 g/mol. The van der Waals surface area contributed by atoms with Crippen LogP contribution in [0, 0.1) is 0 Å². The minimum Gasteiger partial charge on any atom is -0.451 e. The van der Waals surface area contributed by atoms with Gasteiger partial charge >= 0.3 is 5.97 Å². The number of carbonyl (C=O) groups excluding carboxylic acids is 2. The number of nitrogens with zero attached hydrogens (tertiary/aromatic N) is 3. The molecule has 2 atom stereocenters. The first kappa shape index (κ1) is 18.9. The zero-order valence-electron chi connectivity index (χ0n) is 16.2. The summed E-state index contributed by atoms with van der Waals surface area (Å²) in [6, 6.07) is 14.6.